The predicted octanol–water partition coefficient (Wildman–Crippen LogP) is 4.54. The minimum absolute atomic E-state index is 0.253. The van der Waals surface area contributed by atoms with E-state index in [9.17, 15) is 18.0 Å². The van der Waals surface area contributed by atoms with E-state index in [0.717, 1.165) is 17.8 Å². The van der Waals surface area contributed by atoms with Gasteiger partial charge in [-0.2, -0.15) is 18.3 Å². The molecule has 2 N–H and O–H groups in total. The fourth-order valence-electron chi connectivity index (χ4n) is 3.11. The van der Waals surface area contributed by atoms with Crippen molar-refractivity contribution >= 4 is 22.8 Å². The summed E-state index contributed by atoms with van der Waals surface area (Å²) in [7, 11) is 1.71. The van der Waals surface area contributed by atoms with Gasteiger partial charge in [0.1, 0.15) is 17.2 Å². The maximum Gasteiger partial charge on any atom is 0.416 e. The minimum Gasteiger partial charge on any atom is -0.338 e. The Labute approximate surface area is 163 Å². The van der Waals surface area contributed by atoms with Crippen molar-refractivity contribution in [3.8, 4) is 11.4 Å². The number of hydrogen-bond acceptors (Lipinski definition) is 3. The number of H-pyrrole nitrogens is 1. The van der Waals surface area contributed by atoms with Crippen LogP contribution in [0.1, 0.15) is 21.6 Å². The Bertz CT molecular complexity index is 1220. The second-order valence-electron chi connectivity index (χ2n) is 6.61. The van der Waals surface area contributed by atoms with E-state index < -0.39 is 11.7 Å². The number of imidazole rings is 1. The van der Waals surface area contributed by atoms with Crippen LogP contribution in [0.4, 0.5) is 19.0 Å². The Morgan fingerprint density at radius 3 is 2.59 bits per heavy atom. The molecule has 0 saturated heterocycles. The molecule has 29 heavy (non-hydrogen) atoms. The topological polar surface area (TPSA) is 75.6 Å². The molecule has 0 aliphatic carbocycles. The standard InChI is InChI=1S/C20H16F3N5O/c1-11-9-16(28(2)27-11)25-19(29)14-7-4-8-15-17(14)26-18(24-15)12-5-3-6-13(10-12)20(21,22)23/h3-10H,1-2H3,(H,24,26)(H,25,29). The third-order valence-electron chi connectivity index (χ3n) is 4.46. The van der Waals surface area contributed by atoms with Crippen LogP contribution >= 0.6 is 0 Å². The van der Waals surface area contributed by atoms with Gasteiger partial charge >= 0.3 is 6.18 Å². The normalized spacial score (nSPS) is 11.8. The second kappa shape index (κ2) is 6.77. The first-order valence-electron chi connectivity index (χ1n) is 8.71. The van der Waals surface area contributed by atoms with Crippen LogP contribution in [0, 0.1) is 6.92 Å². The highest BCUT2D eigenvalue weighted by Crippen LogP contribution is 2.32. The number of carbonyl (C=O) groups excluding carboxylic acids is 1. The SMILES string of the molecule is Cc1cc(NC(=O)c2cccc3[nH]c(-c4cccc(C(F)(F)F)c4)nc23)n(C)n1. The van der Waals surface area contributed by atoms with E-state index in [4.69, 9.17) is 0 Å². The average Bonchev–Trinajstić information content (AvgIpc) is 3.23. The third-order valence-corrected chi connectivity index (χ3v) is 4.46. The van der Waals surface area contributed by atoms with Crippen LogP contribution in [0.3, 0.4) is 0 Å². The van der Waals surface area contributed by atoms with Gasteiger partial charge in [-0.05, 0) is 31.2 Å². The molecule has 2 heterocycles. The minimum atomic E-state index is -4.45. The highest BCUT2D eigenvalue weighted by molar-refractivity contribution is 6.11. The highest BCUT2D eigenvalue weighted by Gasteiger charge is 2.30. The quantitative estimate of drug-likeness (QED) is 0.531. The summed E-state index contributed by atoms with van der Waals surface area (Å²) in [6.07, 6.45) is -4.45. The number of carbonyl (C=O) groups is 1. The zero-order chi connectivity index (χ0) is 20.8. The van der Waals surface area contributed by atoms with E-state index >= 15 is 0 Å². The van der Waals surface area contributed by atoms with Crippen molar-refractivity contribution in [1.82, 2.24) is 19.7 Å². The van der Waals surface area contributed by atoms with E-state index in [1.165, 1.54) is 12.1 Å². The number of amides is 1. The number of benzene rings is 2. The number of aromatic nitrogens is 4. The molecule has 0 unspecified atom stereocenters. The maximum atomic E-state index is 13.0. The molecular formula is C20H16F3N5O. The molecule has 1 amide bonds. The molecule has 0 aliphatic rings. The van der Waals surface area contributed by atoms with Crippen molar-refractivity contribution in [2.75, 3.05) is 5.32 Å². The number of nitrogens with zero attached hydrogens (tertiary/aromatic N) is 3. The number of nitrogens with one attached hydrogen (secondary N) is 2. The number of fused-ring (bicyclic) bond motifs is 1. The molecule has 0 atom stereocenters. The summed E-state index contributed by atoms with van der Waals surface area (Å²) in [4.78, 5) is 20.1. The molecule has 6 nitrogen and oxygen atoms in total. The van der Waals surface area contributed by atoms with Gasteiger partial charge in [0.25, 0.3) is 5.91 Å². The zero-order valence-corrected chi connectivity index (χ0v) is 15.5. The van der Waals surface area contributed by atoms with Gasteiger partial charge in [0.15, 0.2) is 0 Å². The smallest absolute Gasteiger partial charge is 0.338 e. The van der Waals surface area contributed by atoms with Crippen LogP contribution in [-0.4, -0.2) is 25.7 Å². The molecular weight excluding hydrogens is 383 g/mol. The number of alkyl halides is 3. The van der Waals surface area contributed by atoms with Crippen LogP contribution < -0.4 is 5.32 Å². The molecule has 0 aliphatic heterocycles. The highest BCUT2D eigenvalue weighted by atomic mass is 19.4. The molecule has 0 fully saturated rings. The molecule has 9 heteroatoms. The number of hydrogen-bond donors (Lipinski definition) is 2. The van der Waals surface area contributed by atoms with Crippen LogP contribution in [0.15, 0.2) is 48.5 Å². The van der Waals surface area contributed by atoms with E-state index in [1.54, 1.807) is 36.0 Å². The Kier molecular flexibility index (Phi) is 4.37. The predicted molar refractivity (Wildman–Crippen MR) is 102 cm³/mol. The Morgan fingerprint density at radius 1 is 1.14 bits per heavy atom. The molecule has 0 radical (unpaired) electrons. The summed E-state index contributed by atoms with van der Waals surface area (Å²) in [5, 5.41) is 6.96. The van der Waals surface area contributed by atoms with Crippen molar-refractivity contribution < 1.29 is 18.0 Å². The zero-order valence-electron chi connectivity index (χ0n) is 15.5. The Morgan fingerprint density at radius 2 is 1.90 bits per heavy atom. The monoisotopic (exact) mass is 399 g/mol. The van der Waals surface area contributed by atoms with E-state index in [-0.39, 0.29) is 17.3 Å². The lowest BCUT2D eigenvalue weighted by Crippen LogP contribution is -2.15. The molecule has 0 spiro atoms. The van der Waals surface area contributed by atoms with Crippen LogP contribution in [0.2, 0.25) is 0 Å². The van der Waals surface area contributed by atoms with Gasteiger partial charge in [0.2, 0.25) is 0 Å². The van der Waals surface area contributed by atoms with Gasteiger partial charge in [-0.1, -0.05) is 18.2 Å². The molecule has 0 bridgehead atoms. The summed E-state index contributed by atoms with van der Waals surface area (Å²) in [6.45, 7) is 1.81. The van der Waals surface area contributed by atoms with Crippen molar-refractivity contribution in [2.24, 2.45) is 7.05 Å². The number of para-hydroxylation sites is 1. The first-order valence-corrected chi connectivity index (χ1v) is 8.71. The van der Waals surface area contributed by atoms with Crippen molar-refractivity contribution in [1.29, 1.82) is 0 Å². The Hall–Kier alpha value is -3.62. The Balaban J connectivity index is 1.72. The van der Waals surface area contributed by atoms with Gasteiger partial charge in [0, 0.05) is 18.7 Å². The lowest BCUT2D eigenvalue weighted by Gasteiger charge is -2.07. The summed E-state index contributed by atoms with van der Waals surface area (Å²) < 4.78 is 40.6. The lowest BCUT2D eigenvalue weighted by atomic mass is 10.1. The third kappa shape index (κ3) is 3.58. The molecule has 2 aromatic carbocycles. The van der Waals surface area contributed by atoms with E-state index in [1.807, 2.05) is 6.92 Å². The van der Waals surface area contributed by atoms with E-state index in [2.05, 4.69) is 20.4 Å². The summed E-state index contributed by atoms with van der Waals surface area (Å²) >= 11 is 0. The van der Waals surface area contributed by atoms with Gasteiger partial charge in [-0.15, -0.1) is 0 Å². The number of halogens is 3. The first kappa shape index (κ1) is 18.7. The first-order chi connectivity index (χ1) is 13.7. The fourth-order valence-corrected chi connectivity index (χ4v) is 3.11. The van der Waals surface area contributed by atoms with Crippen LogP contribution in [0.5, 0.6) is 0 Å². The fraction of sp³-hybridized carbons (Fsp3) is 0.150. The molecule has 4 rings (SSSR count). The van der Waals surface area contributed by atoms with Crippen molar-refractivity contribution in [2.45, 2.75) is 13.1 Å². The lowest BCUT2D eigenvalue weighted by molar-refractivity contribution is -0.137. The van der Waals surface area contributed by atoms with Crippen molar-refractivity contribution in [3.05, 3.63) is 65.4 Å². The summed E-state index contributed by atoms with van der Waals surface area (Å²) in [5.41, 5.74) is 1.50. The van der Waals surface area contributed by atoms with Crippen LogP contribution in [-0.2, 0) is 13.2 Å². The number of aryl methyl sites for hydroxylation is 2. The molecule has 4 aromatic rings. The van der Waals surface area contributed by atoms with Gasteiger partial charge in [-0.3, -0.25) is 9.48 Å². The number of anilines is 1. The molecule has 2 aromatic heterocycles. The maximum absolute atomic E-state index is 13.0. The average molecular weight is 399 g/mol. The number of aromatic amines is 1. The molecule has 0 saturated carbocycles. The summed E-state index contributed by atoms with van der Waals surface area (Å²) in [6, 6.07) is 11.6. The van der Waals surface area contributed by atoms with Gasteiger partial charge in [0.05, 0.1) is 22.3 Å². The second-order valence-corrected chi connectivity index (χ2v) is 6.61. The van der Waals surface area contributed by atoms with Gasteiger partial charge < -0.3 is 10.3 Å². The molecule has 148 valence electrons. The summed E-state index contributed by atoms with van der Waals surface area (Å²) in [5.74, 6) is 0.390. The van der Waals surface area contributed by atoms with Gasteiger partial charge in [-0.25, -0.2) is 4.98 Å². The number of rotatable bonds is 3. The van der Waals surface area contributed by atoms with Crippen molar-refractivity contribution in [3.63, 3.8) is 0 Å². The van der Waals surface area contributed by atoms with Crippen LogP contribution in [0.25, 0.3) is 22.4 Å². The largest absolute Gasteiger partial charge is 0.416 e. The van der Waals surface area contributed by atoms with E-state index in [0.29, 0.717) is 22.4 Å².